The molecular weight excluding hydrogens is 352 g/mol. The quantitative estimate of drug-likeness (QED) is 0.756. The number of nitrogens with one attached hydrogen (secondary N) is 1. The highest BCUT2D eigenvalue weighted by Gasteiger charge is 2.36. The predicted molar refractivity (Wildman–Crippen MR) is 98.1 cm³/mol. The first-order valence-corrected chi connectivity index (χ1v) is 10.6. The number of piperidine rings is 1. The van der Waals surface area contributed by atoms with Gasteiger partial charge in [-0.15, -0.1) is 0 Å². The zero-order valence-corrected chi connectivity index (χ0v) is 15.3. The molecule has 3 aromatic rings. The summed E-state index contributed by atoms with van der Waals surface area (Å²) < 4.78 is 31.3. The number of hydrogen-bond donors (Lipinski definition) is 1. The molecule has 0 aliphatic carbocycles. The van der Waals surface area contributed by atoms with Gasteiger partial charge in [0.25, 0.3) is 10.2 Å². The van der Waals surface area contributed by atoms with E-state index in [2.05, 4.69) is 19.4 Å². The van der Waals surface area contributed by atoms with Crippen molar-refractivity contribution in [3.63, 3.8) is 0 Å². The molecule has 8 nitrogen and oxygen atoms in total. The van der Waals surface area contributed by atoms with E-state index in [1.54, 1.807) is 14.8 Å². The summed E-state index contributed by atoms with van der Waals surface area (Å²) in [6.07, 6.45) is 9.21. The van der Waals surface area contributed by atoms with Crippen LogP contribution in [-0.4, -0.2) is 62.6 Å². The van der Waals surface area contributed by atoms with Crippen molar-refractivity contribution in [1.29, 1.82) is 0 Å². The highest BCUT2D eigenvalue weighted by atomic mass is 32.2. The Kier molecular flexibility index (Phi) is 3.77. The molecule has 5 heterocycles. The van der Waals surface area contributed by atoms with Gasteiger partial charge in [-0.05, 0) is 31.7 Å². The normalized spacial score (nSPS) is 23.3. The minimum atomic E-state index is -3.36. The van der Waals surface area contributed by atoms with Crippen LogP contribution in [0.3, 0.4) is 0 Å². The summed E-state index contributed by atoms with van der Waals surface area (Å²) in [5.41, 5.74) is 2.73. The fourth-order valence-electron chi connectivity index (χ4n) is 4.23. The average Bonchev–Trinajstić information content (AvgIpc) is 3.40. The van der Waals surface area contributed by atoms with Gasteiger partial charge in [-0.3, -0.25) is 4.40 Å². The molecule has 0 spiro atoms. The molecular formula is C17H22N6O2S. The molecule has 2 fully saturated rings. The highest BCUT2D eigenvalue weighted by Crippen LogP contribution is 2.31. The first-order valence-electron chi connectivity index (χ1n) is 9.19. The van der Waals surface area contributed by atoms with E-state index in [0.29, 0.717) is 26.2 Å². The lowest BCUT2D eigenvalue weighted by molar-refractivity contribution is 0.287. The Bertz CT molecular complexity index is 1050. The van der Waals surface area contributed by atoms with Crippen molar-refractivity contribution in [3.8, 4) is 0 Å². The maximum atomic E-state index is 12.9. The minimum absolute atomic E-state index is 0.0872. The van der Waals surface area contributed by atoms with Crippen LogP contribution >= 0.6 is 0 Å². The molecule has 0 radical (unpaired) electrons. The third-order valence-corrected chi connectivity index (χ3v) is 7.56. The Morgan fingerprint density at radius 1 is 1.04 bits per heavy atom. The van der Waals surface area contributed by atoms with Crippen LogP contribution in [0.25, 0.3) is 16.7 Å². The molecule has 0 bridgehead atoms. The van der Waals surface area contributed by atoms with Gasteiger partial charge >= 0.3 is 0 Å². The zero-order valence-electron chi connectivity index (χ0n) is 14.5. The average molecular weight is 374 g/mol. The second kappa shape index (κ2) is 6.04. The number of aromatic nitrogens is 4. The van der Waals surface area contributed by atoms with Gasteiger partial charge in [-0.2, -0.15) is 17.0 Å². The second-order valence-corrected chi connectivity index (χ2v) is 9.09. The molecule has 3 aromatic heterocycles. The Morgan fingerprint density at radius 2 is 1.81 bits per heavy atom. The van der Waals surface area contributed by atoms with Gasteiger partial charge in [0.1, 0.15) is 5.82 Å². The third-order valence-electron chi connectivity index (χ3n) is 5.55. The van der Waals surface area contributed by atoms with Crippen LogP contribution in [0.15, 0.2) is 24.7 Å². The van der Waals surface area contributed by atoms with Gasteiger partial charge in [0, 0.05) is 38.3 Å². The lowest BCUT2D eigenvalue weighted by atomic mass is 9.99. The summed E-state index contributed by atoms with van der Waals surface area (Å²) in [4.78, 5) is 12.2. The van der Waals surface area contributed by atoms with E-state index in [4.69, 9.17) is 0 Å². The Balaban J connectivity index is 1.51. The molecule has 0 unspecified atom stereocenters. The van der Waals surface area contributed by atoms with E-state index in [9.17, 15) is 8.42 Å². The van der Waals surface area contributed by atoms with Crippen molar-refractivity contribution in [2.75, 3.05) is 26.2 Å². The van der Waals surface area contributed by atoms with E-state index in [1.807, 2.05) is 18.5 Å². The fourth-order valence-corrected chi connectivity index (χ4v) is 6.01. The number of fused-ring (bicyclic) bond motifs is 3. The molecule has 1 N–H and O–H groups in total. The summed E-state index contributed by atoms with van der Waals surface area (Å²) in [5.74, 6) is 1.01. The Morgan fingerprint density at radius 3 is 2.65 bits per heavy atom. The molecule has 26 heavy (non-hydrogen) atoms. The van der Waals surface area contributed by atoms with E-state index in [0.717, 1.165) is 48.2 Å². The summed E-state index contributed by atoms with van der Waals surface area (Å²) in [6.45, 7) is 2.38. The van der Waals surface area contributed by atoms with Crippen LogP contribution in [0.5, 0.6) is 0 Å². The van der Waals surface area contributed by atoms with E-state index in [1.165, 1.54) is 0 Å². The summed E-state index contributed by atoms with van der Waals surface area (Å²) in [5, 5.41) is 0. The van der Waals surface area contributed by atoms with E-state index in [-0.39, 0.29) is 5.92 Å². The highest BCUT2D eigenvalue weighted by molar-refractivity contribution is 7.86. The molecule has 0 saturated carbocycles. The van der Waals surface area contributed by atoms with Crippen molar-refractivity contribution in [1.82, 2.24) is 28.0 Å². The van der Waals surface area contributed by atoms with Gasteiger partial charge in [0.2, 0.25) is 0 Å². The predicted octanol–water partition coefficient (Wildman–Crippen LogP) is 1.73. The number of hydrogen-bond acceptors (Lipinski definition) is 4. The molecule has 2 saturated heterocycles. The van der Waals surface area contributed by atoms with Gasteiger partial charge in [0.05, 0.1) is 23.4 Å². The first kappa shape index (κ1) is 16.2. The topological polar surface area (TPSA) is 86.6 Å². The number of imidazole rings is 1. The third kappa shape index (κ3) is 2.45. The van der Waals surface area contributed by atoms with Crippen molar-refractivity contribution < 1.29 is 8.42 Å². The van der Waals surface area contributed by atoms with Gasteiger partial charge in [-0.1, -0.05) is 0 Å². The van der Waals surface area contributed by atoms with Crippen LogP contribution < -0.4 is 0 Å². The molecule has 9 heteroatoms. The molecule has 0 amide bonds. The van der Waals surface area contributed by atoms with Crippen LogP contribution in [0.4, 0.5) is 0 Å². The van der Waals surface area contributed by atoms with Gasteiger partial charge in [-0.25, -0.2) is 9.97 Å². The van der Waals surface area contributed by atoms with Crippen molar-refractivity contribution >= 4 is 26.9 Å². The number of nitrogens with zero attached hydrogens (tertiary/aromatic N) is 5. The molecule has 2 aliphatic rings. The lowest BCUT2D eigenvalue weighted by Crippen LogP contribution is -2.46. The van der Waals surface area contributed by atoms with Crippen LogP contribution in [-0.2, 0) is 10.2 Å². The Hall–Kier alpha value is -1.97. The maximum Gasteiger partial charge on any atom is 0.281 e. The van der Waals surface area contributed by atoms with E-state index >= 15 is 0 Å². The van der Waals surface area contributed by atoms with Crippen molar-refractivity contribution in [2.24, 2.45) is 0 Å². The number of aromatic amines is 1. The van der Waals surface area contributed by atoms with Crippen LogP contribution in [0.2, 0.25) is 0 Å². The van der Waals surface area contributed by atoms with Crippen molar-refractivity contribution in [2.45, 2.75) is 31.6 Å². The Labute approximate surface area is 152 Å². The molecule has 1 atom stereocenters. The maximum absolute atomic E-state index is 12.9. The van der Waals surface area contributed by atoms with Crippen LogP contribution in [0.1, 0.15) is 37.4 Å². The molecule has 138 valence electrons. The zero-order chi connectivity index (χ0) is 17.7. The number of H-pyrrole nitrogens is 1. The monoisotopic (exact) mass is 374 g/mol. The van der Waals surface area contributed by atoms with Crippen molar-refractivity contribution in [3.05, 3.63) is 30.5 Å². The van der Waals surface area contributed by atoms with Gasteiger partial charge < -0.3 is 4.98 Å². The lowest BCUT2D eigenvalue weighted by Gasteiger charge is -2.33. The number of rotatable bonds is 3. The van der Waals surface area contributed by atoms with Gasteiger partial charge in [0.15, 0.2) is 5.65 Å². The summed E-state index contributed by atoms with van der Waals surface area (Å²) in [7, 11) is -3.36. The minimum Gasteiger partial charge on any atom is -0.345 e. The van der Waals surface area contributed by atoms with E-state index < -0.39 is 10.2 Å². The SMILES string of the molecule is O=S(=O)(N1CCCC1)N1CCC[C@@H](c2ncc3cnc4[nH]ccc4n23)C1. The molecule has 2 aliphatic heterocycles. The second-order valence-electron chi connectivity index (χ2n) is 7.16. The fraction of sp³-hybridized carbons (Fsp3) is 0.529. The summed E-state index contributed by atoms with van der Waals surface area (Å²) in [6, 6.07) is 1.99. The molecule has 5 rings (SSSR count). The first-order chi connectivity index (χ1) is 12.6. The summed E-state index contributed by atoms with van der Waals surface area (Å²) >= 11 is 0. The standard InChI is InChI=1S/C17H22N6O2S/c24-26(25,21-7-1-2-8-21)22-9-3-4-13(12-22)17-20-11-14-10-19-16-15(23(14)17)5-6-18-16/h5-6,10-11,13,18H,1-4,7-9,12H2/t13-/m1/s1. The smallest absolute Gasteiger partial charge is 0.281 e. The van der Waals surface area contributed by atoms with Crippen LogP contribution in [0, 0.1) is 0 Å². The molecule has 0 aromatic carbocycles. The largest absolute Gasteiger partial charge is 0.345 e.